The molecular formula is C15H21FN2. The third kappa shape index (κ3) is 3.31. The highest BCUT2D eigenvalue weighted by atomic mass is 19.1. The van der Waals surface area contributed by atoms with Crippen molar-refractivity contribution in [3.63, 3.8) is 0 Å². The minimum Gasteiger partial charge on any atom is -0.370 e. The minimum absolute atomic E-state index is 0.0921. The van der Waals surface area contributed by atoms with Gasteiger partial charge in [0.25, 0.3) is 0 Å². The topological polar surface area (TPSA) is 24.4 Å². The first-order chi connectivity index (χ1) is 8.66. The van der Waals surface area contributed by atoms with E-state index < -0.39 is 0 Å². The van der Waals surface area contributed by atoms with Crippen LogP contribution < -0.4 is 5.32 Å². The van der Waals surface area contributed by atoms with Crippen LogP contribution in [0.4, 0.5) is 4.39 Å². The van der Waals surface area contributed by atoms with E-state index in [4.69, 9.17) is 0 Å². The average Bonchev–Trinajstić information content (AvgIpc) is 2.61. The lowest BCUT2D eigenvalue weighted by Gasteiger charge is -2.10. The number of nitrogens with zero attached hydrogens (tertiary/aromatic N) is 1. The van der Waals surface area contributed by atoms with Gasteiger partial charge in [-0.2, -0.15) is 0 Å². The zero-order chi connectivity index (χ0) is 13.0. The molecule has 0 amide bonds. The first-order valence-electron chi connectivity index (χ1n) is 6.69. The van der Waals surface area contributed by atoms with E-state index in [9.17, 15) is 4.39 Å². The molecule has 0 bridgehead atoms. The normalized spacial score (nSPS) is 16.1. The maximum absolute atomic E-state index is 13.5. The van der Waals surface area contributed by atoms with Crippen molar-refractivity contribution in [2.45, 2.75) is 46.1 Å². The van der Waals surface area contributed by atoms with E-state index in [0.29, 0.717) is 0 Å². The van der Waals surface area contributed by atoms with E-state index in [1.165, 1.54) is 19.3 Å². The highest BCUT2D eigenvalue weighted by Gasteiger charge is 2.06. The van der Waals surface area contributed by atoms with Gasteiger partial charge in [-0.05, 0) is 43.4 Å². The summed E-state index contributed by atoms with van der Waals surface area (Å²) in [5.41, 5.74) is 2.56. The van der Waals surface area contributed by atoms with E-state index in [1.807, 2.05) is 26.0 Å². The van der Waals surface area contributed by atoms with Crippen molar-refractivity contribution in [3.05, 3.63) is 34.6 Å². The summed E-state index contributed by atoms with van der Waals surface area (Å²) in [4.78, 5) is 4.53. The molecule has 2 rings (SSSR count). The van der Waals surface area contributed by atoms with Crippen LogP contribution >= 0.6 is 0 Å². The van der Waals surface area contributed by atoms with Gasteiger partial charge in [-0.3, -0.25) is 4.99 Å². The molecule has 0 unspecified atom stereocenters. The first kappa shape index (κ1) is 13.1. The second kappa shape index (κ2) is 5.98. The molecule has 18 heavy (non-hydrogen) atoms. The Morgan fingerprint density at radius 1 is 1.17 bits per heavy atom. The van der Waals surface area contributed by atoms with Crippen molar-refractivity contribution in [2.75, 3.05) is 6.54 Å². The molecule has 1 aliphatic heterocycles. The van der Waals surface area contributed by atoms with Gasteiger partial charge < -0.3 is 5.32 Å². The highest BCUT2D eigenvalue weighted by molar-refractivity contribution is 5.82. The molecule has 1 aliphatic rings. The van der Waals surface area contributed by atoms with Gasteiger partial charge in [0, 0.05) is 19.5 Å². The number of rotatable bonds is 2. The molecule has 1 aromatic rings. The van der Waals surface area contributed by atoms with E-state index >= 15 is 0 Å². The summed E-state index contributed by atoms with van der Waals surface area (Å²) >= 11 is 0. The number of aliphatic imine (C=N–C) groups is 1. The Morgan fingerprint density at radius 3 is 2.61 bits per heavy atom. The number of halogens is 1. The van der Waals surface area contributed by atoms with Gasteiger partial charge in [-0.25, -0.2) is 4.39 Å². The van der Waals surface area contributed by atoms with E-state index in [-0.39, 0.29) is 5.82 Å². The molecule has 0 fully saturated rings. The molecule has 2 nitrogen and oxygen atoms in total. The van der Waals surface area contributed by atoms with Crippen LogP contribution in [0.2, 0.25) is 0 Å². The molecular weight excluding hydrogens is 227 g/mol. The molecule has 1 N–H and O–H groups in total. The van der Waals surface area contributed by atoms with Crippen molar-refractivity contribution in [1.82, 2.24) is 5.32 Å². The van der Waals surface area contributed by atoms with Crippen LogP contribution in [0.1, 0.15) is 42.4 Å². The Balaban J connectivity index is 1.99. The van der Waals surface area contributed by atoms with E-state index in [0.717, 1.165) is 42.0 Å². The van der Waals surface area contributed by atoms with Crippen LogP contribution in [-0.4, -0.2) is 12.4 Å². The summed E-state index contributed by atoms with van der Waals surface area (Å²) in [7, 11) is 0. The van der Waals surface area contributed by atoms with Crippen molar-refractivity contribution in [3.8, 4) is 0 Å². The number of hydrogen-bond acceptors (Lipinski definition) is 2. The molecule has 0 aliphatic carbocycles. The van der Waals surface area contributed by atoms with Gasteiger partial charge >= 0.3 is 0 Å². The third-order valence-electron chi connectivity index (χ3n) is 3.37. The van der Waals surface area contributed by atoms with E-state index in [2.05, 4.69) is 10.3 Å². The maximum Gasteiger partial charge on any atom is 0.129 e. The fourth-order valence-electron chi connectivity index (χ4n) is 2.36. The second-order valence-corrected chi connectivity index (χ2v) is 5.04. The van der Waals surface area contributed by atoms with Crippen LogP contribution in [-0.2, 0) is 6.54 Å². The predicted octanol–water partition coefficient (Wildman–Crippen LogP) is 3.50. The van der Waals surface area contributed by atoms with Gasteiger partial charge in [-0.1, -0.05) is 18.6 Å². The minimum atomic E-state index is -0.0921. The molecule has 0 saturated carbocycles. The Labute approximate surface area is 108 Å². The molecule has 0 atom stereocenters. The predicted molar refractivity (Wildman–Crippen MR) is 73.5 cm³/mol. The molecule has 0 spiro atoms. The summed E-state index contributed by atoms with van der Waals surface area (Å²) in [5, 5.41) is 3.38. The fraction of sp³-hybridized carbons (Fsp3) is 0.533. The van der Waals surface area contributed by atoms with Crippen LogP contribution in [0.3, 0.4) is 0 Å². The van der Waals surface area contributed by atoms with Crippen molar-refractivity contribution in [1.29, 1.82) is 0 Å². The largest absolute Gasteiger partial charge is 0.370 e. The summed E-state index contributed by atoms with van der Waals surface area (Å²) in [6.45, 7) is 5.30. The van der Waals surface area contributed by atoms with Crippen molar-refractivity contribution < 1.29 is 4.39 Å². The van der Waals surface area contributed by atoms with Crippen LogP contribution in [0.15, 0.2) is 17.1 Å². The average molecular weight is 248 g/mol. The van der Waals surface area contributed by atoms with Crippen molar-refractivity contribution in [2.24, 2.45) is 4.99 Å². The van der Waals surface area contributed by atoms with Crippen LogP contribution in [0, 0.1) is 19.7 Å². The standard InChI is InChI=1S/C15H21FN2/c1-11-8-13(9-12(2)15(11)16)10-18-14-6-4-3-5-7-17-14/h8-9H,3-7,10H2,1-2H3,(H,17,18). The fourth-order valence-corrected chi connectivity index (χ4v) is 2.36. The first-order valence-corrected chi connectivity index (χ1v) is 6.69. The lowest BCUT2D eigenvalue weighted by atomic mass is 10.1. The molecule has 3 heteroatoms. The Kier molecular flexibility index (Phi) is 4.34. The summed E-state index contributed by atoms with van der Waals surface area (Å²) in [5.74, 6) is 1.01. The summed E-state index contributed by atoms with van der Waals surface area (Å²) in [6.07, 6.45) is 4.72. The molecule has 0 radical (unpaired) electrons. The Morgan fingerprint density at radius 2 is 1.89 bits per heavy atom. The zero-order valence-corrected chi connectivity index (χ0v) is 11.2. The second-order valence-electron chi connectivity index (χ2n) is 5.04. The number of hydrogen-bond donors (Lipinski definition) is 1. The molecule has 0 aromatic heterocycles. The van der Waals surface area contributed by atoms with E-state index in [1.54, 1.807) is 0 Å². The third-order valence-corrected chi connectivity index (χ3v) is 3.37. The molecule has 1 heterocycles. The Hall–Kier alpha value is -1.38. The van der Waals surface area contributed by atoms with Crippen molar-refractivity contribution >= 4 is 5.84 Å². The lowest BCUT2D eigenvalue weighted by molar-refractivity contribution is 0.608. The summed E-state index contributed by atoms with van der Waals surface area (Å²) in [6, 6.07) is 3.82. The van der Waals surface area contributed by atoms with Gasteiger partial charge in [0.1, 0.15) is 5.82 Å². The summed E-state index contributed by atoms with van der Waals surface area (Å²) < 4.78 is 13.5. The van der Waals surface area contributed by atoms with Crippen LogP contribution in [0.25, 0.3) is 0 Å². The smallest absolute Gasteiger partial charge is 0.129 e. The number of benzene rings is 1. The number of aryl methyl sites for hydroxylation is 2. The molecule has 98 valence electrons. The monoisotopic (exact) mass is 248 g/mol. The highest BCUT2D eigenvalue weighted by Crippen LogP contribution is 2.15. The Bertz CT molecular complexity index is 429. The van der Waals surface area contributed by atoms with Gasteiger partial charge in [0.05, 0.1) is 5.84 Å². The van der Waals surface area contributed by atoms with Gasteiger partial charge in [0.2, 0.25) is 0 Å². The molecule has 1 aromatic carbocycles. The quantitative estimate of drug-likeness (QED) is 0.851. The van der Waals surface area contributed by atoms with Crippen LogP contribution in [0.5, 0.6) is 0 Å². The number of nitrogens with one attached hydrogen (secondary N) is 1. The van der Waals surface area contributed by atoms with Gasteiger partial charge in [0.15, 0.2) is 0 Å². The SMILES string of the molecule is Cc1cc(CNC2=NCCCCC2)cc(C)c1F. The molecule has 0 saturated heterocycles. The lowest BCUT2D eigenvalue weighted by Crippen LogP contribution is -2.22. The van der Waals surface area contributed by atoms with Gasteiger partial charge in [-0.15, -0.1) is 0 Å². The number of amidine groups is 1. The maximum atomic E-state index is 13.5. The zero-order valence-electron chi connectivity index (χ0n) is 11.2.